The number of hydrogen-bond acceptors (Lipinski definition) is 4. The molecule has 1 aliphatic heterocycles. The van der Waals surface area contributed by atoms with E-state index >= 15 is 0 Å². The maximum Gasteiger partial charge on any atom is 0.488 e. The first-order valence-corrected chi connectivity index (χ1v) is 5.34. The number of anilines is 1. The van der Waals surface area contributed by atoms with Crippen LogP contribution in [0, 0.1) is 0 Å². The minimum Gasteiger partial charge on any atom is -0.423 e. The molecule has 88 valence electrons. The van der Waals surface area contributed by atoms with Gasteiger partial charge in [0, 0.05) is 0 Å². The van der Waals surface area contributed by atoms with Gasteiger partial charge in [0.2, 0.25) is 5.91 Å². The Balaban J connectivity index is 2.40. The van der Waals surface area contributed by atoms with Gasteiger partial charge in [-0.3, -0.25) is 9.59 Å². The summed E-state index contributed by atoms with van der Waals surface area (Å²) >= 11 is 5.93. The molecule has 1 aliphatic rings. The minimum atomic E-state index is -1.64. The highest BCUT2D eigenvalue weighted by Crippen LogP contribution is 2.27. The summed E-state index contributed by atoms with van der Waals surface area (Å²) in [6.45, 7) is -0.0243. The Bertz CT molecular complexity index is 491. The zero-order chi connectivity index (χ0) is 12.6. The van der Waals surface area contributed by atoms with Crippen molar-refractivity contribution in [1.29, 1.82) is 0 Å². The van der Waals surface area contributed by atoms with Gasteiger partial charge in [0.15, 0.2) is 5.78 Å². The summed E-state index contributed by atoms with van der Waals surface area (Å²) in [5, 5.41) is 18.4. The largest absolute Gasteiger partial charge is 0.488 e. The second-order valence-corrected chi connectivity index (χ2v) is 4.19. The lowest BCUT2D eigenvalue weighted by Gasteiger charge is -2.17. The molecule has 0 bridgehead atoms. The summed E-state index contributed by atoms with van der Waals surface area (Å²) in [7, 11) is -1.64. The molecule has 0 spiro atoms. The highest BCUT2D eigenvalue weighted by Gasteiger charge is 2.30. The van der Waals surface area contributed by atoms with Gasteiger partial charge in [0.1, 0.15) is 0 Å². The van der Waals surface area contributed by atoms with Gasteiger partial charge in [-0.05, 0) is 17.6 Å². The van der Waals surface area contributed by atoms with E-state index in [2.05, 4.69) is 0 Å². The van der Waals surface area contributed by atoms with Crippen molar-refractivity contribution < 1.29 is 19.6 Å². The lowest BCUT2D eigenvalue weighted by atomic mass is 9.80. The number of amides is 1. The van der Waals surface area contributed by atoms with Crippen molar-refractivity contribution in [2.45, 2.75) is 6.42 Å². The van der Waals surface area contributed by atoms with E-state index in [0.717, 1.165) is 0 Å². The molecule has 5 nitrogen and oxygen atoms in total. The van der Waals surface area contributed by atoms with E-state index in [4.69, 9.17) is 21.6 Å². The predicted molar refractivity (Wildman–Crippen MR) is 63.3 cm³/mol. The number of carbonyl (C=O) groups excluding carboxylic acids is 2. The standard InChI is InChI=1S/C10H9BClNO4/c12-8-2-1-6(11(16)17)3-9(8)13-5-7(14)4-10(13)15/h1-3,16-17H,4-5H2. The van der Waals surface area contributed by atoms with Crippen LogP contribution in [0.1, 0.15) is 6.42 Å². The van der Waals surface area contributed by atoms with E-state index in [1.54, 1.807) is 0 Å². The molecule has 0 unspecified atom stereocenters. The van der Waals surface area contributed by atoms with Gasteiger partial charge in [-0.2, -0.15) is 0 Å². The summed E-state index contributed by atoms with van der Waals surface area (Å²) in [6.07, 6.45) is -0.137. The topological polar surface area (TPSA) is 77.8 Å². The van der Waals surface area contributed by atoms with E-state index in [-0.39, 0.29) is 35.1 Å². The third kappa shape index (κ3) is 2.33. The summed E-state index contributed by atoms with van der Waals surface area (Å²) in [6, 6.07) is 4.30. The van der Waals surface area contributed by atoms with Crippen LogP contribution in [0.5, 0.6) is 0 Å². The Morgan fingerprint density at radius 2 is 2.00 bits per heavy atom. The van der Waals surface area contributed by atoms with Crippen LogP contribution in [0.15, 0.2) is 18.2 Å². The normalized spacial score (nSPS) is 15.6. The van der Waals surface area contributed by atoms with Crippen LogP contribution >= 0.6 is 11.6 Å². The van der Waals surface area contributed by atoms with Gasteiger partial charge < -0.3 is 14.9 Å². The summed E-state index contributed by atoms with van der Waals surface area (Å²) in [5.74, 6) is -0.512. The summed E-state index contributed by atoms with van der Waals surface area (Å²) < 4.78 is 0. The molecule has 1 amide bonds. The molecule has 1 aromatic rings. The van der Waals surface area contributed by atoms with Crippen molar-refractivity contribution in [3.05, 3.63) is 23.2 Å². The minimum absolute atomic E-state index is 0.0243. The Morgan fingerprint density at radius 1 is 1.29 bits per heavy atom. The molecular formula is C10H9BClNO4. The number of hydrogen-bond donors (Lipinski definition) is 2. The van der Waals surface area contributed by atoms with Crippen LogP contribution in [0.25, 0.3) is 0 Å². The summed E-state index contributed by atoms with van der Waals surface area (Å²) in [4.78, 5) is 23.9. The Hall–Kier alpha value is -1.37. The number of Topliss-reactive ketones (excluding diaryl/α,β-unsaturated/α-hetero) is 1. The van der Waals surface area contributed by atoms with Crippen molar-refractivity contribution in [1.82, 2.24) is 0 Å². The first-order chi connectivity index (χ1) is 7.99. The highest BCUT2D eigenvalue weighted by molar-refractivity contribution is 6.59. The molecule has 7 heteroatoms. The molecular weight excluding hydrogens is 244 g/mol. The lowest BCUT2D eigenvalue weighted by Crippen LogP contribution is -2.32. The van der Waals surface area contributed by atoms with Crippen LogP contribution in [-0.2, 0) is 9.59 Å². The fraction of sp³-hybridized carbons (Fsp3) is 0.200. The number of ketones is 1. The molecule has 1 saturated heterocycles. The monoisotopic (exact) mass is 253 g/mol. The van der Waals surface area contributed by atoms with E-state index in [1.165, 1.54) is 23.1 Å². The second-order valence-electron chi connectivity index (χ2n) is 3.78. The fourth-order valence-corrected chi connectivity index (χ4v) is 1.92. The van der Waals surface area contributed by atoms with Gasteiger partial charge in [-0.1, -0.05) is 17.7 Å². The van der Waals surface area contributed by atoms with Crippen molar-refractivity contribution in [2.75, 3.05) is 11.4 Å². The van der Waals surface area contributed by atoms with E-state index in [0.29, 0.717) is 5.69 Å². The number of carbonyl (C=O) groups is 2. The van der Waals surface area contributed by atoms with E-state index in [1.807, 2.05) is 0 Å². The smallest absolute Gasteiger partial charge is 0.423 e. The molecule has 1 fully saturated rings. The van der Waals surface area contributed by atoms with Crippen LogP contribution in [0.2, 0.25) is 5.02 Å². The highest BCUT2D eigenvalue weighted by atomic mass is 35.5. The van der Waals surface area contributed by atoms with Crippen LogP contribution in [0.3, 0.4) is 0 Å². The molecule has 1 aromatic carbocycles. The van der Waals surface area contributed by atoms with Gasteiger partial charge >= 0.3 is 7.12 Å². The maximum absolute atomic E-state index is 11.5. The average molecular weight is 253 g/mol. The molecule has 0 aliphatic carbocycles. The molecule has 0 saturated carbocycles. The molecule has 2 rings (SSSR count). The molecule has 17 heavy (non-hydrogen) atoms. The van der Waals surface area contributed by atoms with Gasteiger partial charge in [0.05, 0.1) is 23.7 Å². The summed E-state index contributed by atoms with van der Waals surface area (Å²) in [5.41, 5.74) is 0.546. The zero-order valence-corrected chi connectivity index (χ0v) is 9.52. The first kappa shape index (κ1) is 12.1. The molecule has 0 radical (unpaired) electrons. The van der Waals surface area contributed by atoms with Gasteiger partial charge in [-0.25, -0.2) is 0 Å². The van der Waals surface area contributed by atoms with Crippen molar-refractivity contribution in [3.8, 4) is 0 Å². The predicted octanol–water partition coefficient (Wildman–Crippen LogP) is -0.674. The Kier molecular flexibility index (Phi) is 3.19. The van der Waals surface area contributed by atoms with E-state index < -0.39 is 7.12 Å². The number of rotatable bonds is 2. The Labute approximate surface area is 103 Å². The van der Waals surface area contributed by atoms with Crippen molar-refractivity contribution >= 4 is 41.6 Å². The van der Waals surface area contributed by atoms with Gasteiger partial charge in [0.25, 0.3) is 0 Å². The van der Waals surface area contributed by atoms with Crippen molar-refractivity contribution in [2.24, 2.45) is 0 Å². The maximum atomic E-state index is 11.5. The number of halogens is 1. The SMILES string of the molecule is O=C1CC(=O)N(c2cc(B(O)O)ccc2Cl)C1. The molecule has 1 heterocycles. The molecule has 2 N–H and O–H groups in total. The Morgan fingerprint density at radius 3 is 2.53 bits per heavy atom. The zero-order valence-electron chi connectivity index (χ0n) is 8.76. The third-order valence-electron chi connectivity index (χ3n) is 2.54. The van der Waals surface area contributed by atoms with Gasteiger partial charge in [-0.15, -0.1) is 0 Å². The lowest BCUT2D eigenvalue weighted by molar-refractivity contribution is -0.121. The molecule has 0 aromatic heterocycles. The average Bonchev–Trinajstić information content (AvgIpc) is 2.58. The quantitative estimate of drug-likeness (QED) is 0.541. The second kappa shape index (κ2) is 4.48. The van der Waals surface area contributed by atoms with Crippen LogP contribution < -0.4 is 10.4 Å². The first-order valence-electron chi connectivity index (χ1n) is 4.96. The molecule has 0 atom stereocenters. The number of benzene rings is 1. The van der Waals surface area contributed by atoms with E-state index in [9.17, 15) is 9.59 Å². The third-order valence-corrected chi connectivity index (χ3v) is 2.86. The number of nitrogens with zero attached hydrogens (tertiary/aromatic N) is 1. The van der Waals surface area contributed by atoms with Crippen LogP contribution in [0.4, 0.5) is 5.69 Å². The fourth-order valence-electron chi connectivity index (χ4n) is 1.70. The van der Waals surface area contributed by atoms with Crippen LogP contribution in [-0.4, -0.2) is 35.4 Å². The van der Waals surface area contributed by atoms with Crippen molar-refractivity contribution in [3.63, 3.8) is 0 Å².